The van der Waals surface area contributed by atoms with Gasteiger partial charge in [0, 0.05) is 40.3 Å². The Balaban J connectivity index is 1.68. The summed E-state index contributed by atoms with van der Waals surface area (Å²) in [5.41, 5.74) is -0.623. The number of likely N-dealkylation sites (N-methyl/N-ethyl adjacent to an activating group) is 2. The lowest BCUT2D eigenvalue weighted by Gasteiger charge is -2.35. The van der Waals surface area contributed by atoms with Gasteiger partial charge in [0.05, 0.1) is 30.7 Å². The lowest BCUT2D eigenvalue weighted by molar-refractivity contribution is -0.148. The average molecular weight is 339 g/mol. The van der Waals surface area contributed by atoms with Crippen molar-refractivity contribution >= 4 is 11.8 Å². The minimum atomic E-state index is -0.623. The van der Waals surface area contributed by atoms with Crippen molar-refractivity contribution in [2.45, 2.75) is 37.8 Å². The fraction of sp³-hybridized carbons (Fsp3) is 0.882. The molecule has 24 heavy (non-hydrogen) atoms. The van der Waals surface area contributed by atoms with E-state index >= 15 is 0 Å². The number of carbonyl (C=O) groups excluding carboxylic acids is 2. The maximum absolute atomic E-state index is 13.2. The molecule has 3 aliphatic heterocycles. The first-order valence-electron chi connectivity index (χ1n) is 8.93. The summed E-state index contributed by atoms with van der Waals surface area (Å²) in [5, 5.41) is 3.28. The van der Waals surface area contributed by atoms with E-state index in [0.29, 0.717) is 39.4 Å². The standard InChI is InChI=1S/C17H29N3O4/c1-19(13-3-7-23-10-13)15(21)9-17(5-6-18-12-17)16(22)20(2)14-4-8-24-11-14/h13-14,18H,3-12H2,1-2H3. The van der Waals surface area contributed by atoms with Crippen molar-refractivity contribution in [1.82, 2.24) is 15.1 Å². The topological polar surface area (TPSA) is 71.1 Å². The maximum atomic E-state index is 13.2. The third kappa shape index (κ3) is 3.43. The highest BCUT2D eigenvalue weighted by Gasteiger charge is 2.46. The Labute approximate surface area is 143 Å². The van der Waals surface area contributed by atoms with Gasteiger partial charge in [-0.25, -0.2) is 0 Å². The summed E-state index contributed by atoms with van der Waals surface area (Å²) in [5.74, 6) is 0.117. The molecular weight excluding hydrogens is 310 g/mol. The fourth-order valence-electron chi connectivity index (χ4n) is 3.97. The maximum Gasteiger partial charge on any atom is 0.230 e. The lowest BCUT2D eigenvalue weighted by atomic mass is 9.81. The monoisotopic (exact) mass is 339 g/mol. The first kappa shape index (κ1) is 17.6. The highest BCUT2D eigenvalue weighted by Crippen LogP contribution is 2.34. The van der Waals surface area contributed by atoms with Gasteiger partial charge >= 0.3 is 0 Å². The van der Waals surface area contributed by atoms with Crippen molar-refractivity contribution in [2.75, 3.05) is 53.6 Å². The molecule has 0 aliphatic carbocycles. The van der Waals surface area contributed by atoms with Crippen LogP contribution in [0.25, 0.3) is 0 Å². The number of amides is 2. The smallest absolute Gasteiger partial charge is 0.230 e. The van der Waals surface area contributed by atoms with Gasteiger partial charge in [0.15, 0.2) is 0 Å². The Hall–Kier alpha value is -1.18. The van der Waals surface area contributed by atoms with Crippen LogP contribution in [0, 0.1) is 5.41 Å². The summed E-state index contributed by atoms with van der Waals surface area (Å²) in [7, 11) is 3.68. The summed E-state index contributed by atoms with van der Waals surface area (Å²) < 4.78 is 10.8. The van der Waals surface area contributed by atoms with E-state index in [-0.39, 0.29) is 30.3 Å². The second-order valence-electron chi connectivity index (χ2n) is 7.34. The summed E-state index contributed by atoms with van der Waals surface area (Å²) in [4.78, 5) is 29.5. The lowest BCUT2D eigenvalue weighted by Crippen LogP contribution is -2.50. The fourth-order valence-corrected chi connectivity index (χ4v) is 3.97. The van der Waals surface area contributed by atoms with Crippen LogP contribution < -0.4 is 5.32 Å². The molecule has 3 atom stereocenters. The zero-order valence-electron chi connectivity index (χ0n) is 14.8. The minimum Gasteiger partial charge on any atom is -0.379 e. The van der Waals surface area contributed by atoms with Crippen molar-refractivity contribution in [3.05, 3.63) is 0 Å². The van der Waals surface area contributed by atoms with Gasteiger partial charge < -0.3 is 24.6 Å². The quantitative estimate of drug-likeness (QED) is 0.754. The Kier molecular flexibility index (Phi) is 5.42. The zero-order valence-corrected chi connectivity index (χ0v) is 14.8. The van der Waals surface area contributed by atoms with Crippen molar-refractivity contribution in [2.24, 2.45) is 5.41 Å². The van der Waals surface area contributed by atoms with E-state index in [1.807, 2.05) is 19.0 Å². The van der Waals surface area contributed by atoms with Gasteiger partial charge in [-0.15, -0.1) is 0 Å². The van der Waals surface area contributed by atoms with Crippen LogP contribution in [-0.4, -0.2) is 87.3 Å². The molecule has 3 unspecified atom stereocenters. The van der Waals surface area contributed by atoms with Crippen LogP contribution in [0.3, 0.4) is 0 Å². The third-order valence-corrected chi connectivity index (χ3v) is 5.81. The summed E-state index contributed by atoms with van der Waals surface area (Å²) >= 11 is 0. The molecule has 0 aromatic carbocycles. The van der Waals surface area contributed by atoms with E-state index < -0.39 is 5.41 Å². The zero-order chi connectivity index (χ0) is 17.2. The molecule has 0 aromatic rings. The highest BCUT2D eigenvalue weighted by molar-refractivity contribution is 5.89. The van der Waals surface area contributed by atoms with Crippen LogP contribution >= 0.6 is 0 Å². The number of hydrogen-bond acceptors (Lipinski definition) is 5. The largest absolute Gasteiger partial charge is 0.379 e. The molecular formula is C17H29N3O4. The molecule has 0 saturated carbocycles. The van der Waals surface area contributed by atoms with E-state index in [1.54, 1.807) is 4.90 Å². The number of nitrogens with one attached hydrogen (secondary N) is 1. The van der Waals surface area contributed by atoms with Crippen molar-refractivity contribution in [3.8, 4) is 0 Å². The molecule has 3 fully saturated rings. The van der Waals surface area contributed by atoms with E-state index in [2.05, 4.69) is 5.32 Å². The molecule has 3 saturated heterocycles. The molecule has 0 bridgehead atoms. The number of carbonyl (C=O) groups is 2. The van der Waals surface area contributed by atoms with Gasteiger partial charge in [-0.05, 0) is 25.8 Å². The molecule has 136 valence electrons. The number of hydrogen-bond donors (Lipinski definition) is 1. The van der Waals surface area contributed by atoms with Crippen LogP contribution in [0.5, 0.6) is 0 Å². The number of rotatable bonds is 5. The number of nitrogens with zero attached hydrogens (tertiary/aromatic N) is 2. The highest BCUT2D eigenvalue weighted by atomic mass is 16.5. The normalized spacial score (nSPS) is 32.9. The summed E-state index contributed by atoms with van der Waals surface area (Å²) in [6.45, 7) is 3.96. The summed E-state index contributed by atoms with van der Waals surface area (Å²) in [6.07, 6.45) is 2.73. The molecule has 0 aromatic heterocycles. The molecule has 2 amide bonds. The molecule has 3 rings (SSSR count). The van der Waals surface area contributed by atoms with Gasteiger partial charge in [0.2, 0.25) is 11.8 Å². The van der Waals surface area contributed by atoms with Crippen molar-refractivity contribution in [1.29, 1.82) is 0 Å². The Bertz CT molecular complexity index is 466. The first-order valence-corrected chi connectivity index (χ1v) is 8.93. The van der Waals surface area contributed by atoms with Crippen molar-refractivity contribution < 1.29 is 19.1 Å². The molecule has 7 heteroatoms. The van der Waals surface area contributed by atoms with Gasteiger partial charge in [0.25, 0.3) is 0 Å². The van der Waals surface area contributed by atoms with Crippen LogP contribution in [-0.2, 0) is 19.1 Å². The number of ether oxygens (including phenoxy) is 2. The molecule has 1 N–H and O–H groups in total. The second-order valence-corrected chi connectivity index (χ2v) is 7.34. The summed E-state index contributed by atoms with van der Waals surface area (Å²) in [6, 6.07) is 0.269. The van der Waals surface area contributed by atoms with Crippen LogP contribution in [0.1, 0.15) is 25.7 Å². The minimum absolute atomic E-state index is 0.0404. The van der Waals surface area contributed by atoms with Gasteiger partial charge in [-0.3, -0.25) is 9.59 Å². The molecule has 7 nitrogen and oxygen atoms in total. The first-order chi connectivity index (χ1) is 11.5. The Morgan fingerprint density at radius 1 is 1.08 bits per heavy atom. The predicted octanol–water partition coefficient (Wildman–Crippen LogP) is -0.149. The van der Waals surface area contributed by atoms with Crippen molar-refractivity contribution in [3.63, 3.8) is 0 Å². The predicted molar refractivity (Wildman–Crippen MR) is 88.5 cm³/mol. The molecule has 0 spiro atoms. The van der Waals surface area contributed by atoms with Gasteiger partial charge in [-0.2, -0.15) is 0 Å². The van der Waals surface area contributed by atoms with Crippen LogP contribution in [0.2, 0.25) is 0 Å². The molecule has 3 aliphatic rings. The van der Waals surface area contributed by atoms with Crippen LogP contribution in [0.15, 0.2) is 0 Å². The van der Waals surface area contributed by atoms with Crippen LogP contribution in [0.4, 0.5) is 0 Å². The second kappa shape index (κ2) is 7.37. The van der Waals surface area contributed by atoms with Gasteiger partial charge in [-0.1, -0.05) is 0 Å². The molecule has 0 radical (unpaired) electrons. The van der Waals surface area contributed by atoms with E-state index in [0.717, 1.165) is 19.4 Å². The van der Waals surface area contributed by atoms with E-state index in [1.165, 1.54) is 0 Å². The van der Waals surface area contributed by atoms with Gasteiger partial charge in [0.1, 0.15) is 0 Å². The Morgan fingerprint density at radius 2 is 1.71 bits per heavy atom. The molecule has 3 heterocycles. The van der Waals surface area contributed by atoms with E-state index in [4.69, 9.17) is 9.47 Å². The SMILES string of the molecule is CN(C(=O)CC1(C(=O)N(C)C2CCOC2)CCNC1)C1CCOC1. The average Bonchev–Trinajstić information content (AvgIpc) is 3.34. The third-order valence-electron chi connectivity index (χ3n) is 5.81. The van der Waals surface area contributed by atoms with E-state index in [9.17, 15) is 9.59 Å². The Morgan fingerprint density at radius 3 is 2.21 bits per heavy atom.